The predicted molar refractivity (Wildman–Crippen MR) is 77.4 cm³/mol. The molecule has 0 spiro atoms. The van der Waals surface area contributed by atoms with Crippen LogP contribution in [0.4, 0.5) is 0 Å². The van der Waals surface area contributed by atoms with E-state index < -0.39 is 0 Å². The first-order chi connectivity index (χ1) is 8.58. The summed E-state index contributed by atoms with van der Waals surface area (Å²) in [7, 11) is 2.13. The molecule has 18 heavy (non-hydrogen) atoms. The molecule has 3 unspecified atom stereocenters. The largest absolute Gasteiger partial charge is 0.353 e. The lowest BCUT2D eigenvalue weighted by molar-refractivity contribution is 0.168. The van der Waals surface area contributed by atoms with Crippen molar-refractivity contribution in [2.45, 2.75) is 52.6 Å². The maximum Gasteiger partial charge on any atom is 0.0361 e. The molecule has 0 bridgehead atoms. The van der Waals surface area contributed by atoms with E-state index in [0.29, 0.717) is 6.04 Å². The van der Waals surface area contributed by atoms with Gasteiger partial charge in [0.2, 0.25) is 0 Å². The second-order valence-corrected chi connectivity index (χ2v) is 6.42. The van der Waals surface area contributed by atoms with E-state index in [9.17, 15) is 0 Å². The van der Waals surface area contributed by atoms with E-state index in [4.69, 9.17) is 0 Å². The summed E-state index contributed by atoms with van der Waals surface area (Å²) >= 11 is 0. The Bertz CT molecular complexity index is 367. The van der Waals surface area contributed by atoms with Crippen molar-refractivity contribution in [2.75, 3.05) is 0 Å². The van der Waals surface area contributed by atoms with Crippen molar-refractivity contribution in [3.8, 4) is 0 Å². The Morgan fingerprint density at radius 1 is 1.39 bits per heavy atom. The van der Waals surface area contributed by atoms with Crippen molar-refractivity contribution >= 4 is 0 Å². The number of nitrogens with zero attached hydrogens (tertiary/aromatic N) is 1. The van der Waals surface area contributed by atoms with Crippen LogP contribution in [0.2, 0.25) is 0 Å². The standard InChI is InChI=1S/C16H28N2/c1-12(2)15-8-7-13(3)10-16(15)17-11-14-6-5-9-18(14)4/h5-6,9,12-13,15-17H,7-8,10-11H2,1-4H3. The van der Waals surface area contributed by atoms with Gasteiger partial charge in [0, 0.05) is 31.5 Å². The van der Waals surface area contributed by atoms with Crippen LogP contribution in [0.1, 0.15) is 45.7 Å². The van der Waals surface area contributed by atoms with Crippen molar-refractivity contribution in [3.05, 3.63) is 24.0 Å². The van der Waals surface area contributed by atoms with E-state index in [-0.39, 0.29) is 0 Å². The van der Waals surface area contributed by atoms with Gasteiger partial charge in [0.15, 0.2) is 0 Å². The summed E-state index contributed by atoms with van der Waals surface area (Å²) in [5.74, 6) is 2.52. The summed E-state index contributed by atoms with van der Waals surface area (Å²) in [6.45, 7) is 8.15. The van der Waals surface area contributed by atoms with Crippen LogP contribution in [-0.2, 0) is 13.6 Å². The zero-order valence-corrected chi connectivity index (χ0v) is 12.3. The fourth-order valence-electron chi connectivity index (χ4n) is 3.35. The fraction of sp³-hybridized carbons (Fsp3) is 0.750. The predicted octanol–water partition coefficient (Wildman–Crippen LogP) is 3.58. The molecule has 1 aromatic rings. The number of hydrogen-bond acceptors (Lipinski definition) is 1. The van der Waals surface area contributed by atoms with Crippen molar-refractivity contribution in [1.29, 1.82) is 0 Å². The average molecular weight is 248 g/mol. The molecule has 3 atom stereocenters. The maximum atomic E-state index is 3.81. The zero-order chi connectivity index (χ0) is 13.1. The molecular formula is C16H28N2. The molecule has 0 amide bonds. The number of rotatable bonds is 4. The molecule has 0 saturated heterocycles. The van der Waals surface area contributed by atoms with Crippen LogP contribution in [0.3, 0.4) is 0 Å². The van der Waals surface area contributed by atoms with Gasteiger partial charge in [-0.25, -0.2) is 0 Å². The van der Waals surface area contributed by atoms with Crippen LogP contribution >= 0.6 is 0 Å². The monoisotopic (exact) mass is 248 g/mol. The maximum absolute atomic E-state index is 3.81. The van der Waals surface area contributed by atoms with Crippen LogP contribution < -0.4 is 5.32 Å². The van der Waals surface area contributed by atoms with Gasteiger partial charge in [-0.05, 0) is 42.7 Å². The van der Waals surface area contributed by atoms with E-state index in [1.807, 2.05) is 0 Å². The third-order valence-electron chi connectivity index (χ3n) is 4.62. The van der Waals surface area contributed by atoms with Crippen LogP contribution in [0.5, 0.6) is 0 Å². The van der Waals surface area contributed by atoms with Crippen molar-refractivity contribution < 1.29 is 0 Å². The minimum absolute atomic E-state index is 0.698. The summed E-state index contributed by atoms with van der Waals surface area (Å²) in [6, 6.07) is 5.04. The number of nitrogens with one attached hydrogen (secondary N) is 1. The van der Waals surface area contributed by atoms with Gasteiger partial charge < -0.3 is 9.88 Å². The fourth-order valence-corrected chi connectivity index (χ4v) is 3.35. The second kappa shape index (κ2) is 5.92. The van der Waals surface area contributed by atoms with Gasteiger partial charge >= 0.3 is 0 Å². The average Bonchev–Trinajstić information content (AvgIpc) is 2.72. The first-order valence-electron chi connectivity index (χ1n) is 7.41. The van der Waals surface area contributed by atoms with Gasteiger partial charge in [-0.15, -0.1) is 0 Å². The molecular weight excluding hydrogens is 220 g/mol. The Balaban J connectivity index is 1.94. The first-order valence-corrected chi connectivity index (χ1v) is 7.41. The Morgan fingerprint density at radius 3 is 2.78 bits per heavy atom. The molecule has 0 aliphatic heterocycles. The molecule has 1 aliphatic rings. The van der Waals surface area contributed by atoms with Crippen LogP contribution in [0, 0.1) is 17.8 Å². The molecule has 1 aliphatic carbocycles. The number of aryl methyl sites for hydroxylation is 1. The van der Waals surface area contributed by atoms with E-state index in [1.54, 1.807) is 0 Å². The number of aromatic nitrogens is 1. The molecule has 2 rings (SSSR count). The molecule has 1 N–H and O–H groups in total. The van der Waals surface area contributed by atoms with Gasteiger partial charge in [-0.2, -0.15) is 0 Å². The third kappa shape index (κ3) is 3.17. The molecule has 1 fully saturated rings. The quantitative estimate of drug-likeness (QED) is 0.862. The molecule has 102 valence electrons. The lowest BCUT2D eigenvalue weighted by Crippen LogP contribution is -2.42. The summed E-state index contributed by atoms with van der Waals surface area (Å²) in [4.78, 5) is 0. The van der Waals surface area contributed by atoms with E-state index in [2.05, 4.69) is 56.0 Å². The van der Waals surface area contributed by atoms with E-state index >= 15 is 0 Å². The van der Waals surface area contributed by atoms with Gasteiger partial charge in [-0.3, -0.25) is 0 Å². The smallest absolute Gasteiger partial charge is 0.0361 e. The Hall–Kier alpha value is -0.760. The summed E-state index contributed by atoms with van der Waals surface area (Å²) in [5.41, 5.74) is 1.38. The Morgan fingerprint density at radius 2 is 2.17 bits per heavy atom. The lowest BCUT2D eigenvalue weighted by atomic mass is 9.74. The van der Waals surface area contributed by atoms with Gasteiger partial charge in [0.25, 0.3) is 0 Å². The molecule has 1 heterocycles. The normalized spacial score (nSPS) is 28.8. The van der Waals surface area contributed by atoms with Crippen molar-refractivity contribution in [2.24, 2.45) is 24.8 Å². The van der Waals surface area contributed by atoms with Crippen LogP contribution in [0.15, 0.2) is 18.3 Å². The van der Waals surface area contributed by atoms with Gasteiger partial charge in [0.1, 0.15) is 0 Å². The molecule has 0 aromatic carbocycles. The highest BCUT2D eigenvalue weighted by atomic mass is 15.0. The van der Waals surface area contributed by atoms with Gasteiger partial charge in [-0.1, -0.05) is 27.2 Å². The summed E-state index contributed by atoms with van der Waals surface area (Å²) < 4.78 is 2.21. The molecule has 0 radical (unpaired) electrons. The van der Waals surface area contributed by atoms with Crippen molar-refractivity contribution in [1.82, 2.24) is 9.88 Å². The highest BCUT2D eigenvalue weighted by molar-refractivity contribution is 5.06. The van der Waals surface area contributed by atoms with E-state index in [1.165, 1.54) is 25.0 Å². The molecule has 1 aromatic heterocycles. The Kier molecular flexibility index (Phi) is 4.50. The molecule has 2 nitrogen and oxygen atoms in total. The highest BCUT2D eigenvalue weighted by Gasteiger charge is 2.30. The van der Waals surface area contributed by atoms with E-state index in [0.717, 1.165) is 24.3 Å². The van der Waals surface area contributed by atoms with Crippen molar-refractivity contribution in [3.63, 3.8) is 0 Å². The first kappa shape index (κ1) is 13.7. The lowest BCUT2D eigenvalue weighted by Gasteiger charge is -2.38. The second-order valence-electron chi connectivity index (χ2n) is 6.42. The topological polar surface area (TPSA) is 17.0 Å². The SMILES string of the molecule is CC1CCC(C(C)C)C(NCc2cccn2C)C1. The molecule has 1 saturated carbocycles. The minimum atomic E-state index is 0.698. The van der Waals surface area contributed by atoms with Crippen LogP contribution in [-0.4, -0.2) is 10.6 Å². The zero-order valence-electron chi connectivity index (χ0n) is 12.3. The van der Waals surface area contributed by atoms with Crippen LogP contribution in [0.25, 0.3) is 0 Å². The number of hydrogen-bond donors (Lipinski definition) is 1. The molecule has 2 heteroatoms. The summed E-state index contributed by atoms with van der Waals surface area (Å²) in [6.07, 6.45) is 6.27. The summed E-state index contributed by atoms with van der Waals surface area (Å²) in [5, 5.41) is 3.81. The minimum Gasteiger partial charge on any atom is -0.353 e. The Labute approximate surface area is 112 Å². The third-order valence-corrected chi connectivity index (χ3v) is 4.62. The van der Waals surface area contributed by atoms with Gasteiger partial charge in [0.05, 0.1) is 0 Å². The highest BCUT2D eigenvalue weighted by Crippen LogP contribution is 2.33.